The average Bonchev–Trinajstić information content (AvgIpc) is 2.37. The molecule has 1 aliphatic rings. The summed E-state index contributed by atoms with van der Waals surface area (Å²) in [6, 6.07) is 0. The predicted molar refractivity (Wildman–Crippen MR) is 53.3 cm³/mol. The molecule has 1 amide bonds. The number of carbonyl (C=O) groups is 1. The number of alkyl halides is 1. The zero-order chi connectivity index (χ0) is 9.57. The van der Waals surface area contributed by atoms with Crippen molar-refractivity contribution in [2.45, 2.75) is 44.5 Å². The lowest BCUT2D eigenvalue weighted by Crippen LogP contribution is -2.44. The van der Waals surface area contributed by atoms with Gasteiger partial charge in [0.15, 0.2) is 0 Å². The Kier molecular flexibility index (Phi) is 2.28. The molecule has 70 valence electrons. The van der Waals surface area contributed by atoms with Gasteiger partial charge in [-0.2, -0.15) is 0 Å². The van der Waals surface area contributed by atoms with Crippen LogP contribution in [-0.2, 0) is 4.79 Å². The SMILES string of the molecule is CC(C)(C)NC(=O)C1(C)CC1Br. The summed E-state index contributed by atoms with van der Waals surface area (Å²) in [4.78, 5) is 12.0. The summed E-state index contributed by atoms with van der Waals surface area (Å²) in [5, 5.41) is 2.98. The topological polar surface area (TPSA) is 29.1 Å². The van der Waals surface area contributed by atoms with Crippen LogP contribution >= 0.6 is 15.9 Å². The number of hydrogen-bond donors (Lipinski definition) is 1. The first-order valence-electron chi connectivity index (χ1n) is 4.22. The summed E-state index contributed by atoms with van der Waals surface area (Å²) in [7, 11) is 0. The molecule has 0 spiro atoms. The van der Waals surface area contributed by atoms with Crippen molar-refractivity contribution in [3.63, 3.8) is 0 Å². The van der Waals surface area contributed by atoms with Crippen LogP contribution in [0.25, 0.3) is 0 Å². The Hall–Kier alpha value is -0.0500. The molecule has 0 aromatic rings. The van der Waals surface area contributed by atoms with Crippen LogP contribution in [0, 0.1) is 5.41 Å². The third-order valence-corrected chi connectivity index (χ3v) is 3.48. The Balaban J connectivity index is 2.51. The fourth-order valence-electron chi connectivity index (χ4n) is 1.03. The third kappa shape index (κ3) is 2.00. The Morgan fingerprint density at radius 3 is 2.25 bits per heavy atom. The van der Waals surface area contributed by atoms with Crippen LogP contribution in [-0.4, -0.2) is 16.3 Å². The zero-order valence-corrected chi connectivity index (χ0v) is 9.66. The van der Waals surface area contributed by atoms with E-state index in [-0.39, 0.29) is 16.9 Å². The van der Waals surface area contributed by atoms with Crippen molar-refractivity contribution in [3.8, 4) is 0 Å². The fourth-order valence-corrected chi connectivity index (χ4v) is 1.91. The van der Waals surface area contributed by atoms with Crippen LogP contribution in [0.1, 0.15) is 34.1 Å². The molecule has 0 radical (unpaired) electrons. The molecule has 1 aliphatic carbocycles. The fraction of sp³-hybridized carbons (Fsp3) is 0.889. The molecule has 1 fully saturated rings. The average molecular weight is 234 g/mol. The van der Waals surface area contributed by atoms with Gasteiger partial charge in [0.25, 0.3) is 0 Å². The lowest BCUT2D eigenvalue weighted by Gasteiger charge is -2.23. The highest BCUT2D eigenvalue weighted by molar-refractivity contribution is 9.09. The molecule has 2 atom stereocenters. The number of nitrogens with one attached hydrogen (secondary N) is 1. The minimum Gasteiger partial charge on any atom is -0.351 e. The Bertz CT molecular complexity index is 209. The molecular formula is C9H16BrNO. The Morgan fingerprint density at radius 1 is 1.58 bits per heavy atom. The molecule has 3 heteroatoms. The first-order valence-corrected chi connectivity index (χ1v) is 5.14. The van der Waals surface area contributed by atoms with E-state index in [1.165, 1.54) is 0 Å². The smallest absolute Gasteiger partial charge is 0.227 e. The van der Waals surface area contributed by atoms with Gasteiger partial charge in [0.2, 0.25) is 5.91 Å². The molecule has 0 heterocycles. The quantitative estimate of drug-likeness (QED) is 0.691. The van der Waals surface area contributed by atoms with Crippen molar-refractivity contribution < 1.29 is 4.79 Å². The van der Waals surface area contributed by atoms with E-state index in [0.717, 1.165) is 6.42 Å². The van der Waals surface area contributed by atoms with E-state index < -0.39 is 0 Å². The van der Waals surface area contributed by atoms with Crippen molar-refractivity contribution in [1.82, 2.24) is 5.32 Å². The number of hydrogen-bond acceptors (Lipinski definition) is 1. The maximum Gasteiger partial charge on any atom is 0.227 e. The van der Waals surface area contributed by atoms with Gasteiger partial charge < -0.3 is 5.32 Å². The van der Waals surface area contributed by atoms with Gasteiger partial charge in [-0.3, -0.25) is 4.79 Å². The van der Waals surface area contributed by atoms with E-state index in [1.54, 1.807) is 0 Å². The Morgan fingerprint density at radius 2 is 2.00 bits per heavy atom. The van der Waals surface area contributed by atoms with E-state index in [9.17, 15) is 4.79 Å². The molecule has 0 aromatic carbocycles. The molecule has 1 N–H and O–H groups in total. The molecular weight excluding hydrogens is 218 g/mol. The molecule has 0 saturated heterocycles. The highest BCUT2D eigenvalue weighted by Gasteiger charge is 2.55. The first kappa shape index (κ1) is 10.0. The second-order valence-corrected chi connectivity index (χ2v) is 5.90. The predicted octanol–water partition coefficient (Wildman–Crippen LogP) is 2.07. The summed E-state index contributed by atoms with van der Waals surface area (Å²) in [6.45, 7) is 7.99. The van der Waals surface area contributed by atoms with Crippen LogP contribution < -0.4 is 5.32 Å². The van der Waals surface area contributed by atoms with Gasteiger partial charge in [-0.05, 0) is 34.1 Å². The van der Waals surface area contributed by atoms with Gasteiger partial charge in [0.1, 0.15) is 0 Å². The van der Waals surface area contributed by atoms with E-state index in [1.807, 2.05) is 27.7 Å². The van der Waals surface area contributed by atoms with Crippen LogP contribution in [0.2, 0.25) is 0 Å². The van der Waals surface area contributed by atoms with Gasteiger partial charge in [-0.15, -0.1) is 0 Å². The zero-order valence-electron chi connectivity index (χ0n) is 8.07. The number of carbonyl (C=O) groups excluding carboxylic acids is 1. The van der Waals surface area contributed by atoms with Crippen molar-refractivity contribution >= 4 is 21.8 Å². The van der Waals surface area contributed by atoms with Crippen LogP contribution in [0.3, 0.4) is 0 Å². The number of rotatable bonds is 1. The van der Waals surface area contributed by atoms with Crippen molar-refractivity contribution in [3.05, 3.63) is 0 Å². The van der Waals surface area contributed by atoms with E-state index in [2.05, 4.69) is 21.2 Å². The lowest BCUT2D eigenvalue weighted by molar-refractivity contribution is -0.127. The molecule has 0 aromatic heterocycles. The molecule has 1 saturated carbocycles. The molecule has 0 bridgehead atoms. The van der Waals surface area contributed by atoms with Crippen molar-refractivity contribution in [1.29, 1.82) is 0 Å². The van der Waals surface area contributed by atoms with Gasteiger partial charge in [-0.25, -0.2) is 0 Å². The molecule has 0 aliphatic heterocycles. The van der Waals surface area contributed by atoms with Crippen LogP contribution in [0.15, 0.2) is 0 Å². The lowest BCUT2D eigenvalue weighted by atomic mass is 10.0. The minimum atomic E-state index is -0.159. The minimum absolute atomic E-state index is 0.116. The van der Waals surface area contributed by atoms with Crippen LogP contribution in [0.5, 0.6) is 0 Å². The maximum absolute atomic E-state index is 11.6. The van der Waals surface area contributed by atoms with Crippen molar-refractivity contribution in [2.24, 2.45) is 5.41 Å². The summed E-state index contributed by atoms with van der Waals surface area (Å²) < 4.78 is 0. The number of amides is 1. The van der Waals surface area contributed by atoms with E-state index >= 15 is 0 Å². The second kappa shape index (κ2) is 2.72. The summed E-state index contributed by atoms with van der Waals surface area (Å²) in [5.74, 6) is 0.164. The van der Waals surface area contributed by atoms with Crippen LogP contribution in [0.4, 0.5) is 0 Å². The molecule has 12 heavy (non-hydrogen) atoms. The third-order valence-electron chi connectivity index (χ3n) is 2.14. The Labute approximate surface area is 82.2 Å². The summed E-state index contributed by atoms with van der Waals surface area (Å²) in [5.41, 5.74) is -0.275. The monoisotopic (exact) mass is 233 g/mol. The van der Waals surface area contributed by atoms with Gasteiger partial charge in [-0.1, -0.05) is 15.9 Å². The second-order valence-electron chi connectivity index (χ2n) is 4.79. The van der Waals surface area contributed by atoms with Crippen molar-refractivity contribution in [2.75, 3.05) is 0 Å². The highest BCUT2D eigenvalue weighted by Crippen LogP contribution is 2.51. The first-order chi connectivity index (χ1) is 5.26. The normalized spacial score (nSPS) is 34.6. The van der Waals surface area contributed by atoms with E-state index in [4.69, 9.17) is 0 Å². The van der Waals surface area contributed by atoms with Gasteiger partial charge in [0.05, 0.1) is 5.41 Å². The standard InChI is InChI=1S/C9H16BrNO/c1-8(2,3)11-7(12)9(4)5-6(9)10/h6H,5H2,1-4H3,(H,11,12). The highest BCUT2D eigenvalue weighted by atomic mass is 79.9. The molecule has 1 rings (SSSR count). The van der Waals surface area contributed by atoms with Gasteiger partial charge in [0, 0.05) is 10.4 Å². The molecule has 2 unspecified atom stereocenters. The number of halogens is 1. The summed E-state index contributed by atoms with van der Waals surface area (Å²) in [6.07, 6.45) is 0.953. The van der Waals surface area contributed by atoms with E-state index in [0.29, 0.717) is 4.83 Å². The maximum atomic E-state index is 11.6. The molecule has 2 nitrogen and oxygen atoms in total. The van der Waals surface area contributed by atoms with Gasteiger partial charge >= 0.3 is 0 Å². The largest absolute Gasteiger partial charge is 0.351 e. The summed E-state index contributed by atoms with van der Waals surface area (Å²) >= 11 is 3.45.